The second-order valence-electron chi connectivity index (χ2n) is 4.45. The zero-order chi connectivity index (χ0) is 15.9. The molecule has 0 spiro atoms. The third-order valence-corrected chi connectivity index (χ3v) is 8.36. The molecule has 5 nitrogen and oxygen atoms in total. The number of carbonyl (C=O) groups is 1. The molecule has 0 amide bonds. The van der Waals surface area contributed by atoms with Crippen LogP contribution in [0.1, 0.15) is 19.8 Å². The van der Waals surface area contributed by atoms with Crippen LogP contribution in [-0.4, -0.2) is 29.3 Å². The molecule has 0 aliphatic rings. The molecule has 114 valence electrons. The second kappa shape index (κ2) is 7.73. The molecule has 8 heteroatoms. The molecule has 0 fully saturated rings. The van der Waals surface area contributed by atoms with Gasteiger partial charge in [-0.3, -0.25) is 4.79 Å². The third kappa shape index (κ3) is 6.89. The van der Waals surface area contributed by atoms with Gasteiger partial charge in [-0.05, 0) is 36.3 Å². The highest BCUT2D eigenvalue weighted by Gasteiger charge is 2.32. The lowest BCUT2D eigenvalue weighted by atomic mass is 10.1. The van der Waals surface area contributed by atoms with E-state index in [0.29, 0.717) is 10.8 Å². The number of hydrogen-bond acceptors (Lipinski definition) is 6. The number of rotatable bonds is 8. The minimum absolute atomic E-state index is 0.0151. The summed E-state index contributed by atoms with van der Waals surface area (Å²) in [6, 6.07) is 11.0. The van der Waals surface area contributed by atoms with Gasteiger partial charge in [0.2, 0.25) is 8.87 Å². The maximum atomic E-state index is 12.1. The number of hydrogen-bond donors (Lipinski definition) is 1. The first-order valence-corrected chi connectivity index (χ1v) is 9.98. The van der Waals surface area contributed by atoms with Crippen LogP contribution in [0.25, 0.3) is 0 Å². The highest BCUT2D eigenvalue weighted by molar-refractivity contribution is 8.74. The zero-order valence-corrected chi connectivity index (χ0v) is 13.8. The van der Waals surface area contributed by atoms with Crippen molar-refractivity contribution in [3.05, 3.63) is 30.3 Å². The van der Waals surface area contributed by atoms with Crippen LogP contribution in [0.5, 0.6) is 0 Å². The summed E-state index contributed by atoms with van der Waals surface area (Å²) in [4.78, 5) is 11.4. The maximum absolute atomic E-state index is 12.1. The average Bonchev–Trinajstić information content (AvgIpc) is 2.44. The van der Waals surface area contributed by atoms with Gasteiger partial charge in [0.25, 0.3) is 0 Å². The number of carboxylic acid groups (broad SMARTS) is 1. The quantitative estimate of drug-likeness (QED) is 0.571. The van der Waals surface area contributed by atoms with E-state index in [0.717, 1.165) is 4.90 Å². The SMILES string of the molecule is CC(C#N)(CCC(=O)O)SS(=O)(=O)CSc1ccccc1. The van der Waals surface area contributed by atoms with Crippen LogP contribution in [0.2, 0.25) is 0 Å². The molecule has 1 aromatic carbocycles. The minimum Gasteiger partial charge on any atom is -0.481 e. The van der Waals surface area contributed by atoms with Gasteiger partial charge in [-0.25, -0.2) is 8.42 Å². The Kier molecular flexibility index (Phi) is 6.58. The van der Waals surface area contributed by atoms with Crippen molar-refractivity contribution in [3.8, 4) is 6.07 Å². The average molecular weight is 345 g/mol. The van der Waals surface area contributed by atoms with Gasteiger partial charge in [0.1, 0.15) is 9.83 Å². The van der Waals surface area contributed by atoms with Gasteiger partial charge in [-0.15, -0.1) is 11.8 Å². The van der Waals surface area contributed by atoms with E-state index in [9.17, 15) is 13.2 Å². The Labute approximate surface area is 132 Å². The summed E-state index contributed by atoms with van der Waals surface area (Å²) < 4.78 is 22.9. The first-order valence-electron chi connectivity index (χ1n) is 6.00. The summed E-state index contributed by atoms with van der Waals surface area (Å²) in [5.74, 6) is -1.05. The standard InChI is InChI=1S/C13H15NO4S3/c1-13(9-14,8-7-12(15)16)20-21(17,18)10-19-11-5-3-2-4-6-11/h2-6H,7-8,10H2,1H3,(H,15,16). The lowest BCUT2D eigenvalue weighted by molar-refractivity contribution is -0.137. The fourth-order valence-corrected chi connectivity index (χ4v) is 6.78. The Balaban J connectivity index is 2.65. The Hall–Kier alpha value is -1.17. The van der Waals surface area contributed by atoms with Crippen molar-refractivity contribution < 1.29 is 18.3 Å². The lowest BCUT2D eigenvalue weighted by Gasteiger charge is -2.19. The molecule has 0 heterocycles. The molecule has 0 aliphatic heterocycles. The van der Waals surface area contributed by atoms with Crippen molar-refractivity contribution in [1.29, 1.82) is 5.26 Å². The number of thioether (sulfide) groups is 1. The van der Waals surface area contributed by atoms with Crippen LogP contribution in [0.4, 0.5) is 0 Å². The van der Waals surface area contributed by atoms with Gasteiger partial charge in [-0.1, -0.05) is 18.2 Å². The van der Waals surface area contributed by atoms with Crippen LogP contribution >= 0.6 is 22.6 Å². The van der Waals surface area contributed by atoms with E-state index in [-0.39, 0.29) is 17.9 Å². The van der Waals surface area contributed by atoms with E-state index >= 15 is 0 Å². The predicted octanol–water partition coefficient (Wildman–Crippen LogP) is 2.95. The van der Waals surface area contributed by atoms with Gasteiger partial charge in [-0.2, -0.15) is 5.26 Å². The Morgan fingerprint density at radius 3 is 2.52 bits per heavy atom. The van der Waals surface area contributed by atoms with E-state index in [4.69, 9.17) is 10.4 Å². The lowest BCUT2D eigenvalue weighted by Crippen LogP contribution is -2.22. The normalized spacial score (nSPS) is 14.1. The fraction of sp³-hybridized carbons (Fsp3) is 0.385. The van der Waals surface area contributed by atoms with Crippen molar-refractivity contribution in [2.75, 3.05) is 5.08 Å². The smallest absolute Gasteiger partial charge is 0.303 e. The number of benzene rings is 1. The van der Waals surface area contributed by atoms with E-state index in [2.05, 4.69) is 0 Å². The molecule has 21 heavy (non-hydrogen) atoms. The molecule has 0 saturated carbocycles. The first-order chi connectivity index (χ1) is 9.76. The van der Waals surface area contributed by atoms with Crippen molar-refractivity contribution in [2.24, 2.45) is 0 Å². The minimum atomic E-state index is -3.53. The molecule has 0 saturated heterocycles. The van der Waals surface area contributed by atoms with Crippen molar-refractivity contribution in [2.45, 2.75) is 29.4 Å². The number of nitrogens with zero attached hydrogens (tertiary/aromatic N) is 1. The molecule has 0 radical (unpaired) electrons. The highest BCUT2D eigenvalue weighted by atomic mass is 33.1. The van der Waals surface area contributed by atoms with E-state index in [1.54, 1.807) is 12.1 Å². The molecule has 0 bridgehead atoms. The van der Waals surface area contributed by atoms with E-state index < -0.39 is 19.6 Å². The molecule has 1 unspecified atom stereocenters. The van der Waals surface area contributed by atoms with E-state index in [1.807, 2.05) is 24.3 Å². The Morgan fingerprint density at radius 2 is 2.00 bits per heavy atom. The maximum Gasteiger partial charge on any atom is 0.303 e. The van der Waals surface area contributed by atoms with E-state index in [1.165, 1.54) is 18.7 Å². The van der Waals surface area contributed by atoms with Crippen molar-refractivity contribution >= 4 is 37.4 Å². The first kappa shape index (κ1) is 17.9. The number of aliphatic carboxylic acids is 1. The molecule has 1 atom stereocenters. The molecular weight excluding hydrogens is 330 g/mol. The van der Waals surface area contributed by atoms with Crippen LogP contribution in [0.15, 0.2) is 35.2 Å². The fourth-order valence-electron chi connectivity index (χ4n) is 1.42. The Bertz CT molecular complexity index is 625. The predicted molar refractivity (Wildman–Crippen MR) is 84.6 cm³/mol. The van der Waals surface area contributed by atoms with Crippen molar-refractivity contribution in [1.82, 2.24) is 0 Å². The van der Waals surface area contributed by atoms with Crippen LogP contribution < -0.4 is 0 Å². The summed E-state index contributed by atoms with van der Waals surface area (Å²) in [5.41, 5.74) is 0. The summed E-state index contributed by atoms with van der Waals surface area (Å²) in [5, 5.41) is 17.6. The monoisotopic (exact) mass is 345 g/mol. The van der Waals surface area contributed by atoms with Crippen LogP contribution in [-0.2, 0) is 13.7 Å². The summed E-state index contributed by atoms with van der Waals surface area (Å²) in [6.07, 6.45) is -0.253. The van der Waals surface area contributed by atoms with Crippen LogP contribution in [0, 0.1) is 11.3 Å². The Morgan fingerprint density at radius 1 is 1.38 bits per heavy atom. The molecule has 0 aromatic heterocycles. The molecule has 1 aromatic rings. The van der Waals surface area contributed by atoms with Gasteiger partial charge >= 0.3 is 5.97 Å². The molecule has 1 rings (SSSR count). The molecule has 0 aliphatic carbocycles. The van der Waals surface area contributed by atoms with Gasteiger partial charge < -0.3 is 5.11 Å². The van der Waals surface area contributed by atoms with Gasteiger partial charge in [0, 0.05) is 11.3 Å². The summed E-state index contributed by atoms with van der Waals surface area (Å²) in [6.45, 7) is 1.45. The zero-order valence-electron chi connectivity index (χ0n) is 11.4. The van der Waals surface area contributed by atoms with Crippen LogP contribution in [0.3, 0.4) is 0 Å². The van der Waals surface area contributed by atoms with Gasteiger partial charge in [0.15, 0.2) is 0 Å². The third-order valence-electron chi connectivity index (χ3n) is 2.48. The summed E-state index contributed by atoms with van der Waals surface area (Å²) in [7, 11) is -3.00. The topological polar surface area (TPSA) is 95.2 Å². The van der Waals surface area contributed by atoms with Gasteiger partial charge in [0.05, 0.1) is 6.07 Å². The number of carboxylic acids is 1. The largest absolute Gasteiger partial charge is 0.481 e. The molecular formula is C13H15NO4S3. The summed E-state index contributed by atoms with van der Waals surface area (Å²) >= 11 is 1.17. The second-order valence-corrected chi connectivity index (χ2v) is 10.4. The van der Waals surface area contributed by atoms with Crippen molar-refractivity contribution in [3.63, 3.8) is 0 Å². The highest BCUT2D eigenvalue weighted by Crippen LogP contribution is 2.36. The molecule has 1 N–H and O–H groups in total. The number of nitriles is 1.